The van der Waals surface area contributed by atoms with Gasteiger partial charge in [-0.2, -0.15) is 13.5 Å². The van der Waals surface area contributed by atoms with E-state index in [1.165, 1.54) is 12.4 Å². The van der Waals surface area contributed by atoms with E-state index >= 15 is 0 Å². The van der Waals surface area contributed by atoms with Crippen LogP contribution in [0.3, 0.4) is 0 Å². The Morgan fingerprint density at radius 2 is 1.83 bits per heavy atom. The van der Waals surface area contributed by atoms with Gasteiger partial charge in [-0.3, -0.25) is 4.18 Å². The number of nitrogens with zero attached hydrogens (tertiary/aromatic N) is 4. The Bertz CT molecular complexity index is 1480. The number of nitrogen functional groups attached to an aromatic ring is 1. The first-order chi connectivity index (χ1) is 19.1. The summed E-state index contributed by atoms with van der Waals surface area (Å²) in [6.07, 6.45) is -0.254. The molecule has 15 heteroatoms. The quantitative estimate of drug-likeness (QED) is 0.275. The molecule has 0 unspecified atom stereocenters. The Balaban J connectivity index is 1.74. The predicted molar refractivity (Wildman–Crippen MR) is 159 cm³/mol. The van der Waals surface area contributed by atoms with Crippen molar-refractivity contribution >= 4 is 47.2 Å². The highest BCUT2D eigenvalue weighted by Gasteiger charge is 2.50. The SMILES string of the molecule is Cc1ccc(Sc2nn([C@H]3C[C@H](O[Si](C(C)C)(C(C)C)C(C)C)[C@H](COS(N)(=O)=O)O3)c3ncnc(N)c23)c(F)c1. The maximum atomic E-state index is 14.8. The molecule has 0 aliphatic carbocycles. The third kappa shape index (κ3) is 6.60. The predicted octanol–water partition coefficient (Wildman–Crippen LogP) is 5.08. The van der Waals surface area contributed by atoms with E-state index in [0.29, 0.717) is 27.4 Å². The van der Waals surface area contributed by atoms with Crippen LogP contribution in [0.25, 0.3) is 11.0 Å². The van der Waals surface area contributed by atoms with Gasteiger partial charge in [0.15, 0.2) is 11.9 Å². The van der Waals surface area contributed by atoms with Crippen molar-refractivity contribution in [3.63, 3.8) is 0 Å². The molecule has 3 atom stereocenters. The first-order valence-electron chi connectivity index (χ1n) is 13.6. The summed E-state index contributed by atoms with van der Waals surface area (Å²) in [5, 5.41) is 10.8. The average Bonchev–Trinajstić information content (AvgIpc) is 3.43. The number of hydrogen-bond acceptors (Lipinski definition) is 10. The number of nitrogens with two attached hydrogens (primary N) is 2. The van der Waals surface area contributed by atoms with Crippen LogP contribution in [0, 0.1) is 12.7 Å². The molecule has 1 saturated heterocycles. The van der Waals surface area contributed by atoms with Gasteiger partial charge >= 0.3 is 10.3 Å². The summed E-state index contributed by atoms with van der Waals surface area (Å²) in [6.45, 7) is 14.5. The van der Waals surface area contributed by atoms with Crippen molar-refractivity contribution in [2.45, 2.75) is 99.9 Å². The summed E-state index contributed by atoms with van der Waals surface area (Å²) in [7, 11) is -6.61. The maximum Gasteiger partial charge on any atom is 0.333 e. The third-order valence-electron chi connectivity index (χ3n) is 7.69. The van der Waals surface area contributed by atoms with E-state index in [2.05, 4.69) is 51.5 Å². The molecule has 3 heterocycles. The van der Waals surface area contributed by atoms with Gasteiger partial charge in [-0.05, 0) is 41.2 Å². The van der Waals surface area contributed by atoms with Crippen LogP contribution in [0.5, 0.6) is 0 Å². The van der Waals surface area contributed by atoms with Crippen LogP contribution < -0.4 is 10.9 Å². The van der Waals surface area contributed by atoms with Gasteiger partial charge in [-0.15, -0.1) is 0 Å². The topological polar surface area (TPSA) is 157 Å². The number of aryl methyl sites for hydroxylation is 1. The van der Waals surface area contributed by atoms with Gasteiger partial charge in [0.2, 0.25) is 8.32 Å². The minimum absolute atomic E-state index is 0.196. The normalized spacial score (nSPS) is 20.2. The fourth-order valence-corrected chi connectivity index (χ4v) is 12.8. The van der Waals surface area contributed by atoms with Crippen molar-refractivity contribution in [2.24, 2.45) is 5.14 Å². The van der Waals surface area contributed by atoms with Gasteiger partial charge in [0, 0.05) is 11.3 Å². The molecule has 2 aromatic heterocycles. The molecule has 0 saturated carbocycles. The zero-order chi connectivity index (χ0) is 30.3. The molecular formula is C26H39FN6O5S2Si. The summed E-state index contributed by atoms with van der Waals surface area (Å²) in [4.78, 5) is 8.92. The molecule has 0 amide bonds. The number of benzene rings is 1. The van der Waals surface area contributed by atoms with Gasteiger partial charge in [0.25, 0.3) is 0 Å². The van der Waals surface area contributed by atoms with Gasteiger partial charge in [-0.1, -0.05) is 59.4 Å². The molecule has 4 rings (SSSR count). The first-order valence-corrected chi connectivity index (χ1v) is 18.0. The number of aromatic nitrogens is 4. The molecule has 0 spiro atoms. The molecule has 3 aromatic rings. The number of anilines is 1. The first kappa shape index (κ1) is 31.8. The smallest absolute Gasteiger partial charge is 0.333 e. The highest BCUT2D eigenvalue weighted by Crippen LogP contribution is 2.46. The summed E-state index contributed by atoms with van der Waals surface area (Å²) in [5.74, 6) is -0.182. The van der Waals surface area contributed by atoms with Crippen molar-refractivity contribution in [1.82, 2.24) is 19.7 Å². The Morgan fingerprint density at radius 3 is 2.41 bits per heavy atom. The average molecular weight is 627 g/mol. The number of rotatable bonds is 11. The Labute approximate surface area is 245 Å². The van der Waals surface area contributed by atoms with Crippen molar-refractivity contribution in [1.29, 1.82) is 0 Å². The van der Waals surface area contributed by atoms with E-state index in [1.54, 1.807) is 10.7 Å². The minimum Gasteiger partial charge on any atom is -0.410 e. The molecule has 4 N–H and O–H groups in total. The zero-order valence-electron chi connectivity index (χ0n) is 24.4. The lowest BCUT2D eigenvalue weighted by Gasteiger charge is -2.44. The molecule has 1 fully saturated rings. The van der Waals surface area contributed by atoms with Gasteiger partial charge in [0.1, 0.15) is 29.1 Å². The van der Waals surface area contributed by atoms with Gasteiger partial charge in [-0.25, -0.2) is 24.2 Å². The summed E-state index contributed by atoms with van der Waals surface area (Å²) >= 11 is 1.12. The molecule has 1 aromatic carbocycles. The minimum atomic E-state index is -4.21. The standard InChI is InChI=1S/C26H39FN6O5S2Si/c1-14(2)41(15(3)4,16(5)6)38-19-11-22(37-20(19)12-36-40(29,34)35)33-25-23(24(28)30-13-31-25)26(32-33)39-21-9-8-17(7)10-18(21)27/h8-10,13-16,19-20,22H,11-12H2,1-7H3,(H2,28,30,31)(H2,29,34,35)/t19-,20-,22+/m0/s1. The fourth-order valence-electron chi connectivity index (χ4n) is 5.98. The number of fused-ring (bicyclic) bond motifs is 1. The molecule has 0 bridgehead atoms. The molecule has 1 aliphatic heterocycles. The van der Waals surface area contributed by atoms with E-state index in [1.807, 2.05) is 13.0 Å². The molecular weight excluding hydrogens is 588 g/mol. The lowest BCUT2D eigenvalue weighted by molar-refractivity contribution is -0.0400. The second-order valence-corrected chi connectivity index (χ2v) is 19.0. The van der Waals surface area contributed by atoms with Gasteiger partial charge < -0.3 is 14.9 Å². The highest BCUT2D eigenvalue weighted by molar-refractivity contribution is 7.99. The fraction of sp³-hybridized carbons (Fsp3) is 0.577. The van der Waals surface area contributed by atoms with Crippen LogP contribution in [0.2, 0.25) is 16.6 Å². The second kappa shape index (κ2) is 12.2. The second-order valence-electron chi connectivity index (χ2n) is 11.4. The Kier molecular flexibility index (Phi) is 9.48. The van der Waals surface area contributed by atoms with Crippen molar-refractivity contribution in [3.8, 4) is 0 Å². The maximum absolute atomic E-state index is 14.8. The highest BCUT2D eigenvalue weighted by atomic mass is 32.2. The van der Waals surface area contributed by atoms with Crippen LogP contribution in [0.4, 0.5) is 10.2 Å². The molecule has 1 aliphatic rings. The summed E-state index contributed by atoms with van der Waals surface area (Å²) < 4.78 is 58.1. The summed E-state index contributed by atoms with van der Waals surface area (Å²) in [6, 6.07) is 4.95. The molecule has 11 nitrogen and oxygen atoms in total. The van der Waals surface area contributed by atoms with Crippen LogP contribution in [0.15, 0.2) is 34.4 Å². The zero-order valence-corrected chi connectivity index (χ0v) is 27.0. The van der Waals surface area contributed by atoms with Crippen LogP contribution in [0.1, 0.15) is 59.8 Å². The van der Waals surface area contributed by atoms with E-state index in [-0.39, 0.29) is 34.9 Å². The monoisotopic (exact) mass is 626 g/mol. The van der Waals surface area contributed by atoms with E-state index in [9.17, 15) is 12.8 Å². The molecule has 226 valence electrons. The Morgan fingerprint density at radius 1 is 1.17 bits per heavy atom. The van der Waals surface area contributed by atoms with E-state index < -0.39 is 37.1 Å². The lowest BCUT2D eigenvalue weighted by atomic mass is 10.2. The summed E-state index contributed by atoms with van der Waals surface area (Å²) in [5.41, 5.74) is 8.30. The van der Waals surface area contributed by atoms with Crippen molar-refractivity contribution in [3.05, 3.63) is 35.9 Å². The lowest BCUT2D eigenvalue weighted by Crippen LogP contribution is -2.52. The largest absolute Gasteiger partial charge is 0.410 e. The van der Waals surface area contributed by atoms with Crippen molar-refractivity contribution < 1.29 is 26.2 Å². The number of hydrogen-bond donors (Lipinski definition) is 2. The Hall–Kier alpha value is -2.14. The third-order valence-corrected chi connectivity index (χ3v) is 15.3. The van der Waals surface area contributed by atoms with E-state index in [0.717, 1.165) is 17.3 Å². The molecule has 0 radical (unpaired) electrons. The number of halogens is 1. The van der Waals surface area contributed by atoms with Crippen LogP contribution in [-0.2, 0) is 23.7 Å². The van der Waals surface area contributed by atoms with Crippen molar-refractivity contribution in [2.75, 3.05) is 12.3 Å². The van der Waals surface area contributed by atoms with Crippen LogP contribution in [-0.4, -0.2) is 55.3 Å². The van der Waals surface area contributed by atoms with E-state index in [4.69, 9.17) is 29.3 Å². The molecule has 41 heavy (non-hydrogen) atoms. The van der Waals surface area contributed by atoms with Crippen LogP contribution >= 0.6 is 11.8 Å². The van der Waals surface area contributed by atoms with Gasteiger partial charge in [0.05, 0.1) is 18.1 Å². The number of ether oxygens (including phenoxy) is 1.